The lowest BCUT2D eigenvalue weighted by atomic mass is 10.0. The Morgan fingerprint density at radius 2 is 2.26 bits per heavy atom. The van der Waals surface area contributed by atoms with Crippen molar-refractivity contribution < 1.29 is 9.90 Å². The van der Waals surface area contributed by atoms with Crippen molar-refractivity contribution in [1.82, 2.24) is 0 Å². The van der Waals surface area contributed by atoms with Gasteiger partial charge in [-0.15, -0.1) is 0 Å². The average molecular weight is 280 g/mol. The Labute approximate surface area is 119 Å². The molecule has 102 valence electrons. The van der Waals surface area contributed by atoms with Crippen molar-refractivity contribution in [3.8, 4) is 11.8 Å². The van der Waals surface area contributed by atoms with E-state index in [1.54, 1.807) is 18.2 Å². The van der Waals surface area contributed by atoms with Crippen LogP contribution in [-0.2, 0) is 4.79 Å². The van der Waals surface area contributed by atoms with Gasteiger partial charge in [0, 0.05) is 12.0 Å². The first-order chi connectivity index (χ1) is 9.06. The minimum Gasteiger partial charge on any atom is -0.384 e. The summed E-state index contributed by atoms with van der Waals surface area (Å²) in [7, 11) is 0. The molecule has 0 fully saturated rings. The molecule has 0 spiro atoms. The Hall–Kier alpha value is -1.50. The van der Waals surface area contributed by atoms with E-state index in [4.69, 9.17) is 16.7 Å². The zero-order valence-corrected chi connectivity index (χ0v) is 11.9. The number of nitrogens with one attached hydrogen (secondary N) is 1. The van der Waals surface area contributed by atoms with E-state index in [0.717, 1.165) is 6.42 Å². The van der Waals surface area contributed by atoms with Crippen molar-refractivity contribution >= 4 is 23.2 Å². The molecule has 1 aromatic rings. The lowest BCUT2D eigenvalue weighted by Crippen LogP contribution is -2.15. The van der Waals surface area contributed by atoms with Crippen molar-refractivity contribution in [2.24, 2.45) is 5.92 Å². The van der Waals surface area contributed by atoms with Gasteiger partial charge in [0.2, 0.25) is 5.91 Å². The highest BCUT2D eigenvalue weighted by Crippen LogP contribution is 2.23. The van der Waals surface area contributed by atoms with Crippen LogP contribution in [0.15, 0.2) is 18.2 Å². The van der Waals surface area contributed by atoms with E-state index in [1.807, 2.05) is 6.92 Å². The number of carbonyl (C=O) groups is 1. The number of hydrogen-bond donors (Lipinski definition) is 2. The molecule has 1 amide bonds. The van der Waals surface area contributed by atoms with Gasteiger partial charge in [0.25, 0.3) is 0 Å². The van der Waals surface area contributed by atoms with E-state index in [0.29, 0.717) is 28.6 Å². The number of halogens is 1. The zero-order valence-electron chi connectivity index (χ0n) is 11.2. The maximum Gasteiger partial charge on any atom is 0.224 e. The van der Waals surface area contributed by atoms with Crippen LogP contribution in [0.25, 0.3) is 0 Å². The highest BCUT2D eigenvalue weighted by molar-refractivity contribution is 6.33. The van der Waals surface area contributed by atoms with Crippen LogP contribution in [0.1, 0.15) is 32.3 Å². The molecule has 0 saturated carbocycles. The zero-order chi connectivity index (χ0) is 14.3. The average Bonchev–Trinajstić information content (AvgIpc) is 2.39. The summed E-state index contributed by atoms with van der Waals surface area (Å²) in [6, 6.07) is 5.14. The number of aliphatic hydroxyl groups is 1. The first-order valence-electron chi connectivity index (χ1n) is 6.26. The molecule has 3 nitrogen and oxygen atoms in total. The minimum absolute atomic E-state index is 0.0523. The monoisotopic (exact) mass is 279 g/mol. The quantitative estimate of drug-likeness (QED) is 0.832. The molecule has 1 atom stereocenters. The summed E-state index contributed by atoms with van der Waals surface area (Å²) in [6.45, 7) is 3.89. The molecule has 0 aliphatic rings. The van der Waals surface area contributed by atoms with E-state index in [1.165, 1.54) is 0 Å². The standard InChI is InChI=1S/C15H18ClNO2/c1-3-11(2)9-15(19)17-14-10-12(5-4-8-18)6-7-13(14)16/h6-7,10-11,18H,3,8-9H2,1-2H3,(H,17,19). The predicted molar refractivity (Wildman–Crippen MR) is 78.1 cm³/mol. The van der Waals surface area contributed by atoms with E-state index in [-0.39, 0.29) is 12.5 Å². The van der Waals surface area contributed by atoms with Crippen LogP contribution in [0.4, 0.5) is 5.69 Å². The Morgan fingerprint density at radius 1 is 1.53 bits per heavy atom. The molecule has 4 heteroatoms. The van der Waals surface area contributed by atoms with Crippen LogP contribution in [0.2, 0.25) is 5.02 Å². The summed E-state index contributed by atoms with van der Waals surface area (Å²) in [6.07, 6.45) is 1.43. The third-order valence-corrected chi connectivity index (χ3v) is 3.11. The number of hydrogen-bond acceptors (Lipinski definition) is 2. The molecule has 19 heavy (non-hydrogen) atoms. The number of carbonyl (C=O) groups excluding carboxylic acids is 1. The summed E-state index contributed by atoms with van der Waals surface area (Å²) in [4.78, 5) is 11.8. The highest BCUT2D eigenvalue weighted by Gasteiger charge is 2.09. The van der Waals surface area contributed by atoms with Crippen LogP contribution in [0.3, 0.4) is 0 Å². The Balaban J connectivity index is 2.79. The number of amides is 1. The smallest absolute Gasteiger partial charge is 0.224 e. The summed E-state index contributed by atoms with van der Waals surface area (Å²) >= 11 is 6.03. The fourth-order valence-electron chi connectivity index (χ4n) is 1.50. The second kappa shape index (κ2) is 7.83. The molecule has 0 saturated heterocycles. The largest absolute Gasteiger partial charge is 0.384 e. The fourth-order valence-corrected chi connectivity index (χ4v) is 1.67. The van der Waals surface area contributed by atoms with Gasteiger partial charge in [-0.1, -0.05) is 43.7 Å². The first-order valence-corrected chi connectivity index (χ1v) is 6.63. The summed E-state index contributed by atoms with van der Waals surface area (Å²) < 4.78 is 0. The lowest BCUT2D eigenvalue weighted by Gasteiger charge is -2.10. The van der Waals surface area contributed by atoms with E-state index in [2.05, 4.69) is 24.1 Å². The molecule has 0 aliphatic heterocycles. The van der Waals surface area contributed by atoms with Crippen LogP contribution < -0.4 is 5.32 Å². The Kier molecular flexibility index (Phi) is 6.41. The van der Waals surface area contributed by atoms with Gasteiger partial charge in [-0.2, -0.15) is 0 Å². The number of rotatable bonds is 4. The molecular weight excluding hydrogens is 262 g/mol. The van der Waals surface area contributed by atoms with E-state index < -0.39 is 0 Å². The number of benzene rings is 1. The van der Waals surface area contributed by atoms with Crippen molar-refractivity contribution in [2.75, 3.05) is 11.9 Å². The molecule has 2 N–H and O–H groups in total. The minimum atomic E-state index is -0.196. The van der Waals surface area contributed by atoms with Gasteiger partial charge in [0.1, 0.15) is 6.61 Å². The van der Waals surface area contributed by atoms with Gasteiger partial charge in [-0.25, -0.2) is 0 Å². The molecule has 1 unspecified atom stereocenters. The van der Waals surface area contributed by atoms with Crippen LogP contribution in [0.5, 0.6) is 0 Å². The summed E-state index contributed by atoms with van der Waals surface area (Å²) in [5, 5.41) is 11.9. The normalized spacial score (nSPS) is 11.4. The third-order valence-electron chi connectivity index (χ3n) is 2.78. The molecule has 1 rings (SSSR count). The molecule has 0 aromatic heterocycles. The van der Waals surface area contributed by atoms with Crippen molar-refractivity contribution in [1.29, 1.82) is 0 Å². The first kappa shape index (κ1) is 15.6. The lowest BCUT2D eigenvalue weighted by molar-refractivity contribution is -0.117. The maximum absolute atomic E-state index is 11.8. The Bertz CT molecular complexity index is 503. The van der Waals surface area contributed by atoms with E-state index in [9.17, 15) is 4.79 Å². The van der Waals surface area contributed by atoms with Gasteiger partial charge in [-0.05, 0) is 24.1 Å². The molecule has 0 bridgehead atoms. The second-order valence-corrected chi connectivity index (χ2v) is 4.83. The molecule has 1 aromatic carbocycles. The number of aliphatic hydroxyl groups excluding tert-OH is 1. The van der Waals surface area contributed by atoms with Crippen molar-refractivity contribution in [3.05, 3.63) is 28.8 Å². The molecule has 0 heterocycles. The SMILES string of the molecule is CCC(C)CC(=O)Nc1cc(C#CCO)ccc1Cl. The molecular formula is C15H18ClNO2. The molecule has 0 aliphatic carbocycles. The second-order valence-electron chi connectivity index (χ2n) is 4.42. The third kappa shape index (κ3) is 5.34. The molecule has 0 radical (unpaired) electrons. The summed E-state index contributed by atoms with van der Waals surface area (Å²) in [5.74, 6) is 5.62. The van der Waals surface area contributed by atoms with E-state index >= 15 is 0 Å². The van der Waals surface area contributed by atoms with Gasteiger partial charge in [0.05, 0.1) is 10.7 Å². The van der Waals surface area contributed by atoms with Crippen LogP contribution in [0, 0.1) is 17.8 Å². The van der Waals surface area contributed by atoms with Gasteiger partial charge in [-0.3, -0.25) is 4.79 Å². The van der Waals surface area contributed by atoms with Gasteiger partial charge >= 0.3 is 0 Å². The van der Waals surface area contributed by atoms with Gasteiger partial charge < -0.3 is 10.4 Å². The predicted octanol–water partition coefficient (Wildman–Crippen LogP) is 3.06. The van der Waals surface area contributed by atoms with Crippen molar-refractivity contribution in [2.45, 2.75) is 26.7 Å². The van der Waals surface area contributed by atoms with Crippen molar-refractivity contribution in [3.63, 3.8) is 0 Å². The number of anilines is 1. The van der Waals surface area contributed by atoms with Crippen LogP contribution >= 0.6 is 11.6 Å². The maximum atomic E-state index is 11.8. The van der Waals surface area contributed by atoms with Gasteiger partial charge in [0.15, 0.2) is 0 Å². The fraction of sp³-hybridized carbons (Fsp3) is 0.400. The highest BCUT2D eigenvalue weighted by atomic mass is 35.5. The van der Waals surface area contributed by atoms with Crippen LogP contribution in [-0.4, -0.2) is 17.6 Å². The Morgan fingerprint density at radius 3 is 2.89 bits per heavy atom. The topological polar surface area (TPSA) is 49.3 Å². The summed E-state index contributed by atoms with van der Waals surface area (Å²) in [5.41, 5.74) is 1.26.